The van der Waals surface area contributed by atoms with Gasteiger partial charge in [0.1, 0.15) is 60.5 Å². The zero-order valence-electron chi connectivity index (χ0n) is 29.2. The van der Waals surface area contributed by atoms with Gasteiger partial charge in [-0.1, -0.05) is 0 Å². The van der Waals surface area contributed by atoms with Gasteiger partial charge in [0.2, 0.25) is 5.52 Å². The van der Waals surface area contributed by atoms with Gasteiger partial charge in [0.15, 0.2) is 23.2 Å². The number of phosphoric ester groups is 3. The second-order valence-electron chi connectivity index (χ2n) is 12.7. The molecule has 27 nitrogen and oxygen atoms in total. The molecule has 9 atom stereocenters. The molecule has 0 saturated carbocycles. The van der Waals surface area contributed by atoms with Crippen molar-refractivity contribution in [2.75, 3.05) is 18.9 Å². The molecule has 30 heteroatoms. The molecule has 1 saturated heterocycles. The Kier molecular flexibility index (Phi) is 12.0. The number of aromatic nitrogens is 8. The van der Waals surface area contributed by atoms with Crippen molar-refractivity contribution in [1.29, 1.82) is 0 Å². The SMILES string of the molecule is Cc1cc2nc3c(=O)[nH]c(=O)[nH]c3[n+](C[C@H](O)[C@H](O)[C@H](O)COP(=O)(O)OP(=O)(O)OC[C@H]3O[C@@H](n4cnc5c(N)ncnc54)[C@H](O)[C@@H]3OP(=O)(O)O)c2cc1C. The zero-order valence-corrected chi connectivity index (χ0v) is 31.9. The molecule has 0 bridgehead atoms. The summed E-state index contributed by atoms with van der Waals surface area (Å²) >= 11 is 0. The Labute approximate surface area is 316 Å². The third-order valence-electron chi connectivity index (χ3n) is 8.69. The molecule has 12 N–H and O–H groups in total. The lowest BCUT2D eigenvalue weighted by Crippen LogP contribution is -2.51. The van der Waals surface area contributed by atoms with Crippen molar-refractivity contribution in [3.05, 3.63) is 56.8 Å². The average molecular weight is 867 g/mol. The number of aliphatic hydroxyl groups excluding tert-OH is 4. The van der Waals surface area contributed by atoms with Crippen LogP contribution in [0.1, 0.15) is 17.4 Å². The van der Waals surface area contributed by atoms with Crippen molar-refractivity contribution >= 4 is 62.6 Å². The predicted octanol–water partition coefficient (Wildman–Crippen LogP) is -2.84. The molecule has 6 rings (SSSR count). The number of nitrogens with zero attached hydrogens (tertiary/aromatic N) is 6. The quantitative estimate of drug-likeness (QED) is 0.0287. The molecule has 2 unspecified atom stereocenters. The van der Waals surface area contributed by atoms with Crippen LogP contribution in [-0.2, 0) is 42.9 Å². The number of aromatic amines is 2. The third-order valence-corrected chi connectivity index (χ3v) is 11.8. The van der Waals surface area contributed by atoms with Gasteiger partial charge in [0, 0.05) is 0 Å². The minimum atomic E-state index is -5.67. The fraction of sp³-hybridized carbons (Fsp3) is 0.444. The first kappa shape index (κ1) is 42.6. The number of anilines is 1. The maximum Gasteiger partial charge on any atom is 0.481 e. The van der Waals surface area contributed by atoms with Crippen LogP contribution < -0.4 is 21.5 Å². The highest BCUT2D eigenvalue weighted by Gasteiger charge is 2.50. The van der Waals surface area contributed by atoms with E-state index in [1.807, 2.05) is 4.98 Å². The van der Waals surface area contributed by atoms with Crippen LogP contribution in [0.5, 0.6) is 0 Å². The van der Waals surface area contributed by atoms with Gasteiger partial charge in [-0.3, -0.25) is 27.9 Å². The van der Waals surface area contributed by atoms with Gasteiger partial charge in [0.05, 0.1) is 19.5 Å². The van der Waals surface area contributed by atoms with Crippen molar-refractivity contribution in [3.8, 4) is 0 Å². The van der Waals surface area contributed by atoms with Crippen LogP contribution in [0.2, 0.25) is 0 Å². The van der Waals surface area contributed by atoms with Gasteiger partial charge in [-0.05, 0) is 37.1 Å². The van der Waals surface area contributed by atoms with Crippen LogP contribution >= 0.6 is 23.5 Å². The molecule has 0 spiro atoms. The first-order chi connectivity index (χ1) is 26.5. The number of ether oxygens (including phenoxy) is 1. The minimum absolute atomic E-state index is 0.00799. The number of aliphatic hydroxyl groups is 4. The molecule has 5 aromatic rings. The molecule has 5 heterocycles. The number of rotatable bonds is 15. The second-order valence-corrected chi connectivity index (χ2v) is 16.9. The fourth-order valence-corrected chi connectivity index (χ4v) is 8.56. The minimum Gasteiger partial charge on any atom is -0.388 e. The van der Waals surface area contributed by atoms with E-state index >= 15 is 0 Å². The first-order valence-corrected chi connectivity index (χ1v) is 20.7. The number of fused-ring (bicyclic) bond motifs is 3. The summed E-state index contributed by atoms with van der Waals surface area (Å²) < 4.78 is 63.1. The van der Waals surface area contributed by atoms with Gasteiger partial charge < -0.3 is 50.5 Å². The van der Waals surface area contributed by atoms with E-state index in [2.05, 4.69) is 38.3 Å². The summed E-state index contributed by atoms with van der Waals surface area (Å²) in [6, 6.07) is 3.28. The van der Waals surface area contributed by atoms with Gasteiger partial charge in [-0.2, -0.15) is 9.29 Å². The Balaban J connectivity index is 1.11. The van der Waals surface area contributed by atoms with Crippen molar-refractivity contribution in [2.24, 2.45) is 0 Å². The Morgan fingerprint density at radius 1 is 0.965 bits per heavy atom. The number of aryl methyl sites for hydroxylation is 2. The number of hydrogen-bond acceptors (Lipinski definition) is 19. The number of nitrogens with one attached hydrogen (secondary N) is 2. The molecule has 4 aromatic heterocycles. The van der Waals surface area contributed by atoms with E-state index in [1.54, 1.807) is 26.0 Å². The molecule has 310 valence electrons. The molecule has 1 aliphatic rings. The summed E-state index contributed by atoms with van der Waals surface area (Å²) in [5, 5.41) is 43.1. The molecule has 1 aliphatic heterocycles. The average Bonchev–Trinajstić information content (AvgIpc) is 3.67. The van der Waals surface area contributed by atoms with E-state index in [9.17, 15) is 63.3 Å². The van der Waals surface area contributed by atoms with Gasteiger partial charge in [-0.15, -0.1) is 0 Å². The number of benzene rings is 1. The van der Waals surface area contributed by atoms with Crippen LogP contribution in [-0.4, -0.2) is 124 Å². The Bertz CT molecular complexity index is 2600. The summed E-state index contributed by atoms with van der Waals surface area (Å²) in [6.45, 7) is 0.488. The van der Waals surface area contributed by atoms with E-state index in [0.717, 1.165) is 28.3 Å². The van der Waals surface area contributed by atoms with Gasteiger partial charge in [0.25, 0.3) is 5.56 Å². The highest BCUT2D eigenvalue weighted by atomic mass is 31.3. The van der Waals surface area contributed by atoms with Crippen LogP contribution in [0.4, 0.5) is 5.82 Å². The standard InChI is InChI=1S/C27H34N9O18P3/c1-10-3-12-13(4-11(10)2)35(24-18(32-12)25(41)34-27(42)33-24)5-14(37)19(39)15(38)6-50-56(46,47)54-57(48,49)51-7-16-21(53-55(43,44)45)20(40)26(52-16)36-9-31-17-22(28)29-8-30-23(17)36/h3-4,8-9,14-16,19-21,26,37-40H,5-7H2,1-2H3,(H7,28,29,30,34,41,42,43,44,45,46,47,48,49)/p+1/t14-,15+,16+,19-,20+,21+,26+/m0/s1. The van der Waals surface area contributed by atoms with Crippen molar-refractivity contribution < 1.29 is 80.9 Å². The number of imidazole rings is 1. The van der Waals surface area contributed by atoms with Gasteiger partial charge >= 0.3 is 34.8 Å². The normalized spacial score (nSPS) is 22.8. The van der Waals surface area contributed by atoms with E-state index in [0.29, 0.717) is 5.52 Å². The lowest BCUT2D eigenvalue weighted by atomic mass is 10.1. The monoisotopic (exact) mass is 866 g/mol. The van der Waals surface area contributed by atoms with E-state index in [4.69, 9.17) is 15.0 Å². The van der Waals surface area contributed by atoms with Crippen molar-refractivity contribution in [3.63, 3.8) is 0 Å². The third kappa shape index (κ3) is 9.34. The van der Waals surface area contributed by atoms with Gasteiger partial charge in [-0.25, -0.2) is 43.0 Å². The van der Waals surface area contributed by atoms with E-state index < -0.39 is 97.3 Å². The maximum atomic E-state index is 12.7. The number of nitrogen functional groups attached to an aromatic ring is 1. The number of H-pyrrole nitrogens is 2. The number of nitrogens with two attached hydrogens (primary N) is 1. The highest BCUT2D eigenvalue weighted by Crippen LogP contribution is 2.61. The van der Waals surface area contributed by atoms with Crippen molar-refractivity contribution in [2.45, 2.75) is 63.2 Å². The molecular formula is C27H35N9O18P3+. The fourth-order valence-electron chi connectivity index (χ4n) is 5.88. The maximum absolute atomic E-state index is 12.7. The molecule has 1 fully saturated rings. The van der Waals surface area contributed by atoms with Crippen LogP contribution in [0.15, 0.2) is 34.4 Å². The Morgan fingerprint density at radius 2 is 1.65 bits per heavy atom. The summed E-state index contributed by atoms with van der Waals surface area (Å²) in [6.07, 6.45) is -11.3. The number of phosphoric acid groups is 3. The molecule has 0 aliphatic carbocycles. The van der Waals surface area contributed by atoms with Crippen molar-refractivity contribution in [1.82, 2.24) is 34.5 Å². The summed E-state index contributed by atoms with van der Waals surface area (Å²) in [7, 11) is -16.7. The topological polar surface area (TPSA) is 411 Å². The lowest BCUT2D eigenvalue weighted by Gasteiger charge is -2.24. The second kappa shape index (κ2) is 16.0. The molecular weight excluding hydrogens is 831 g/mol. The summed E-state index contributed by atoms with van der Waals surface area (Å²) in [4.78, 5) is 84.4. The molecule has 0 radical (unpaired) electrons. The molecule has 57 heavy (non-hydrogen) atoms. The molecule has 1 aromatic carbocycles. The largest absolute Gasteiger partial charge is 0.481 e. The highest BCUT2D eigenvalue weighted by molar-refractivity contribution is 7.61. The first-order valence-electron chi connectivity index (χ1n) is 16.2. The zero-order chi connectivity index (χ0) is 41.8. The number of hydrogen-bond donors (Lipinski definition) is 11. The van der Waals surface area contributed by atoms with E-state index in [-0.39, 0.29) is 33.7 Å². The summed E-state index contributed by atoms with van der Waals surface area (Å²) in [5.74, 6) is -0.0598. The van der Waals surface area contributed by atoms with E-state index in [1.165, 1.54) is 4.57 Å². The van der Waals surface area contributed by atoms with Crippen LogP contribution in [0.25, 0.3) is 33.4 Å². The Morgan fingerprint density at radius 3 is 2.35 bits per heavy atom. The smallest absolute Gasteiger partial charge is 0.388 e. The van der Waals surface area contributed by atoms with Crippen LogP contribution in [0, 0.1) is 13.8 Å². The van der Waals surface area contributed by atoms with Crippen LogP contribution in [0.3, 0.4) is 0 Å². The lowest BCUT2D eigenvalue weighted by molar-refractivity contribution is -0.657. The molecule has 0 amide bonds. The predicted molar refractivity (Wildman–Crippen MR) is 187 cm³/mol. The Hall–Kier alpha value is -3.98. The summed E-state index contributed by atoms with van der Waals surface area (Å²) in [5.41, 5.74) is 5.84.